The van der Waals surface area contributed by atoms with E-state index in [-0.39, 0.29) is 17.2 Å². The number of amides is 2. The lowest BCUT2D eigenvalue weighted by molar-refractivity contribution is -0.0188. The van der Waals surface area contributed by atoms with Crippen LogP contribution in [0.4, 0.5) is 5.13 Å². The Morgan fingerprint density at radius 3 is 2.16 bits per heavy atom. The highest BCUT2D eigenvalue weighted by molar-refractivity contribution is 7.92. The molecule has 198 valence electrons. The Morgan fingerprint density at radius 2 is 1.57 bits per heavy atom. The van der Waals surface area contributed by atoms with Crippen LogP contribution in [0.2, 0.25) is 0 Å². The summed E-state index contributed by atoms with van der Waals surface area (Å²) in [4.78, 5) is 29.6. The van der Waals surface area contributed by atoms with E-state index in [4.69, 9.17) is 0 Å². The van der Waals surface area contributed by atoms with E-state index in [0.717, 1.165) is 27.5 Å². The summed E-state index contributed by atoms with van der Waals surface area (Å²) < 4.78 is 24.5. The molecular weight excluding hydrogens is 516 g/mol. The summed E-state index contributed by atoms with van der Waals surface area (Å²) in [6, 6.07) is 15.8. The number of benzene rings is 2. The van der Waals surface area contributed by atoms with E-state index in [2.05, 4.69) is 15.6 Å². The van der Waals surface area contributed by atoms with Crippen molar-refractivity contribution in [1.29, 1.82) is 0 Å². The van der Waals surface area contributed by atoms with Gasteiger partial charge in [-0.3, -0.25) is 9.59 Å². The molecule has 4 unspecified atom stereocenters. The first-order valence-electron chi connectivity index (χ1n) is 11.4. The topological polar surface area (TPSA) is 149 Å². The number of thiazole rings is 1. The molecule has 2 amide bonds. The third-order valence-electron chi connectivity index (χ3n) is 5.78. The molecule has 37 heavy (non-hydrogen) atoms. The fourth-order valence-electron chi connectivity index (χ4n) is 3.52. The Balaban J connectivity index is 1.76. The normalized spacial score (nSPS) is 14.7. The van der Waals surface area contributed by atoms with Crippen molar-refractivity contribution in [2.24, 2.45) is 0 Å². The molecule has 1 heterocycles. The van der Waals surface area contributed by atoms with Crippen LogP contribution < -0.4 is 14.9 Å². The van der Waals surface area contributed by atoms with Crippen molar-refractivity contribution in [2.45, 2.75) is 37.6 Å². The summed E-state index contributed by atoms with van der Waals surface area (Å²) >= 11 is 0.984. The summed E-state index contributed by atoms with van der Waals surface area (Å²) in [7, 11) is -2.22. The number of nitrogens with one attached hydrogen (secondary N) is 2. The maximum absolute atomic E-state index is 13.0. The first-order valence-corrected chi connectivity index (χ1v) is 14.2. The maximum atomic E-state index is 13.0. The largest absolute Gasteiger partial charge is 0.388 e. The third-order valence-corrected chi connectivity index (χ3v) is 7.98. The predicted molar refractivity (Wildman–Crippen MR) is 142 cm³/mol. The second-order valence-electron chi connectivity index (χ2n) is 8.62. The lowest BCUT2D eigenvalue weighted by Crippen LogP contribution is -2.55. The van der Waals surface area contributed by atoms with Crippen LogP contribution in [0.3, 0.4) is 0 Å². The Morgan fingerprint density at radius 1 is 0.973 bits per heavy atom. The van der Waals surface area contributed by atoms with Crippen molar-refractivity contribution in [1.82, 2.24) is 15.6 Å². The molecule has 1 aromatic heterocycles. The van der Waals surface area contributed by atoms with Crippen LogP contribution in [-0.4, -0.2) is 73.0 Å². The van der Waals surface area contributed by atoms with Gasteiger partial charge in [0.05, 0.1) is 18.3 Å². The van der Waals surface area contributed by atoms with Gasteiger partial charge in [-0.1, -0.05) is 48.5 Å². The molecule has 4 atom stereocenters. The molecule has 0 bridgehead atoms. The summed E-state index contributed by atoms with van der Waals surface area (Å²) in [5.74, 6) is -1.05. The van der Waals surface area contributed by atoms with Gasteiger partial charge in [0.15, 0.2) is 5.13 Å². The molecule has 0 saturated carbocycles. The third kappa shape index (κ3) is 7.59. The van der Waals surface area contributed by atoms with E-state index in [1.807, 2.05) is 30.3 Å². The number of aliphatic hydroxyl groups excluding tert-OH is 2. The highest BCUT2D eigenvalue weighted by Crippen LogP contribution is 2.22. The number of hydrogen-bond acceptors (Lipinski definition) is 8. The highest BCUT2D eigenvalue weighted by Gasteiger charge is 2.33. The van der Waals surface area contributed by atoms with Gasteiger partial charge in [-0.15, -0.1) is 11.3 Å². The van der Waals surface area contributed by atoms with E-state index < -0.39 is 46.1 Å². The van der Waals surface area contributed by atoms with E-state index in [9.17, 15) is 28.2 Å². The monoisotopic (exact) mass is 546 g/mol. The van der Waals surface area contributed by atoms with Gasteiger partial charge in [0.2, 0.25) is 10.0 Å². The highest BCUT2D eigenvalue weighted by atomic mass is 32.2. The van der Waals surface area contributed by atoms with Crippen molar-refractivity contribution in [3.63, 3.8) is 0 Å². The van der Waals surface area contributed by atoms with Gasteiger partial charge in [-0.05, 0) is 31.0 Å². The molecule has 0 aliphatic carbocycles. The van der Waals surface area contributed by atoms with Gasteiger partial charge in [0.1, 0.15) is 17.9 Å². The summed E-state index contributed by atoms with van der Waals surface area (Å²) in [6.07, 6.45) is -1.65. The fraction of sp³-hybridized carbons (Fsp3) is 0.320. The number of carbonyl (C=O) groups excluding carboxylic acids is 2. The molecule has 12 heteroatoms. The number of aliphatic hydroxyl groups is 2. The van der Waals surface area contributed by atoms with Crippen LogP contribution in [0.15, 0.2) is 66.0 Å². The average Bonchev–Trinajstić information content (AvgIpc) is 3.38. The molecular formula is C25H30N4O6S2. The predicted octanol–water partition coefficient (Wildman–Crippen LogP) is 1.42. The number of aromatic nitrogens is 1. The van der Waals surface area contributed by atoms with Crippen molar-refractivity contribution in [3.05, 3.63) is 82.9 Å². The van der Waals surface area contributed by atoms with E-state index >= 15 is 0 Å². The zero-order valence-electron chi connectivity index (χ0n) is 20.6. The molecule has 2 aromatic carbocycles. The van der Waals surface area contributed by atoms with Crippen LogP contribution >= 0.6 is 11.3 Å². The molecule has 10 nitrogen and oxygen atoms in total. The van der Waals surface area contributed by atoms with Gasteiger partial charge in [-0.25, -0.2) is 17.7 Å². The Bertz CT molecular complexity index is 1300. The zero-order valence-corrected chi connectivity index (χ0v) is 22.2. The van der Waals surface area contributed by atoms with Crippen molar-refractivity contribution in [2.75, 3.05) is 17.6 Å². The van der Waals surface area contributed by atoms with E-state index in [1.54, 1.807) is 37.3 Å². The van der Waals surface area contributed by atoms with Crippen LogP contribution in [-0.2, 0) is 16.4 Å². The molecule has 0 radical (unpaired) electrons. The number of nitrogens with zero attached hydrogens (tertiary/aromatic N) is 2. The minimum Gasteiger partial charge on any atom is -0.388 e. The average molecular weight is 547 g/mol. The Kier molecular flexibility index (Phi) is 9.38. The molecule has 0 aliphatic heterocycles. The van der Waals surface area contributed by atoms with Crippen molar-refractivity contribution >= 4 is 38.3 Å². The first kappa shape index (κ1) is 28.3. The van der Waals surface area contributed by atoms with Gasteiger partial charge >= 0.3 is 0 Å². The number of hydrogen-bond donors (Lipinski definition) is 4. The second-order valence-corrected chi connectivity index (χ2v) is 11.5. The summed E-state index contributed by atoms with van der Waals surface area (Å²) in [6.45, 7) is 1.56. The second kappa shape index (κ2) is 12.3. The lowest BCUT2D eigenvalue weighted by atomic mass is 9.94. The fourth-order valence-corrected chi connectivity index (χ4v) is 5.06. The Labute approximate surface area is 220 Å². The van der Waals surface area contributed by atoms with Gasteiger partial charge in [0.25, 0.3) is 11.8 Å². The van der Waals surface area contributed by atoms with Gasteiger partial charge < -0.3 is 20.8 Å². The summed E-state index contributed by atoms with van der Waals surface area (Å²) in [5, 5.41) is 28.9. The molecule has 0 spiro atoms. The zero-order chi connectivity index (χ0) is 27.2. The lowest BCUT2D eigenvalue weighted by Gasteiger charge is -2.31. The molecule has 4 N–H and O–H groups in total. The van der Waals surface area contributed by atoms with Crippen molar-refractivity contribution < 1.29 is 28.2 Å². The van der Waals surface area contributed by atoms with Crippen molar-refractivity contribution in [3.8, 4) is 0 Å². The molecule has 0 aliphatic rings. The van der Waals surface area contributed by atoms with E-state index in [0.29, 0.717) is 5.56 Å². The van der Waals surface area contributed by atoms with Crippen LogP contribution in [0, 0.1) is 0 Å². The first-order chi connectivity index (χ1) is 17.5. The quantitative estimate of drug-likeness (QED) is 0.284. The number of carbonyl (C=O) groups is 2. The SMILES string of the molecule is CC(NC(=O)c1ccccc1)C(O)C(O)C(Cc1ccccc1)NC(=O)c1csc(N(C)S(C)(=O)=O)n1. The van der Waals surface area contributed by atoms with Gasteiger partial charge in [-0.2, -0.15) is 0 Å². The van der Waals surface area contributed by atoms with Crippen LogP contribution in [0.1, 0.15) is 33.3 Å². The van der Waals surface area contributed by atoms with E-state index in [1.165, 1.54) is 12.4 Å². The number of sulfonamides is 1. The molecule has 3 aromatic rings. The van der Waals surface area contributed by atoms with Crippen LogP contribution in [0.25, 0.3) is 0 Å². The Hall–Kier alpha value is -3.32. The summed E-state index contributed by atoms with van der Waals surface area (Å²) in [5.41, 5.74) is 1.18. The number of anilines is 1. The minimum absolute atomic E-state index is 0.0271. The molecule has 0 saturated heterocycles. The molecule has 0 fully saturated rings. The standard InChI is InChI=1S/C25H30N4O6S2/c1-16(26-23(32)18-12-8-5-9-13-18)21(30)22(31)19(14-17-10-6-4-7-11-17)27-24(33)20-15-36-25(28-20)29(2)37(3,34)35/h4-13,15-16,19,21-22,30-31H,14H2,1-3H3,(H,26,32)(H,27,33). The van der Waals surface area contributed by atoms with Crippen LogP contribution in [0.5, 0.6) is 0 Å². The van der Waals surface area contributed by atoms with Gasteiger partial charge in [0, 0.05) is 18.0 Å². The maximum Gasteiger partial charge on any atom is 0.271 e. The number of rotatable bonds is 11. The molecule has 3 rings (SSSR count). The smallest absolute Gasteiger partial charge is 0.271 e. The minimum atomic E-state index is -3.55.